The predicted molar refractivity (Wildman–Crippen MR) is 76.8 cm³/mol. The highest BCUT2D eigenvalue weighted by Gasteiger charge is 2.23. The second-order valence-electron chi connectivity index (χ2n) is 4.82. The van der Waals surface area contributed by atoms with E-state index in [4.69, 9.17) is 15.6 Å². The number of piperazine rings is 1. The number of benzene rings is 1. The van der Waals surface area contributed by atoms with E-state index >= 15 is 0 Å². The fraction of sp³-hybridized carbons (Fsp3) is 0.500. The molecule has 0 saturated carbocycles. The number of nitrogens with zero attached hydrogens (tertiary/aromatic N) is 2. The number of β-amino-alcohol motifs (C(OH)–C–C–N with tert-alkyl or cyclic N) is 1. The van der Waals surface area contributed by atoms with Crippen molar-refractivity contribution < 1.29 is 14.6 Å². The van der Waals surface area contributed by atoms with Crippen molar-refractivity contribution in [1.82, 2.24) is 9.80 Å². The SMILES string of the molecule is COc1cc(N)ccc1C(=O)N1CCN(CCO)CC1. The summed E-state index contributed by atoms with van der Waals surface area (Å²) >= 11 is 0. The molecule has 0 atom stereocenters. The lowest BCUT2D eigenvalue weighted by molar-refractivity contribution is 0.0612. The number of carbonyl (C=O) groups excluding carboxylic acids is 1. The van der Waals surface area contributed by atoms with Crippen LogP contribution in [-0.4, -0.2) is 67.3 Å². The molecule has 1 aliphatic heterocycles. The largest absolute Gasteiger partial charge is 0.496 e. The first-order valence-electron chi connectivity index (χ1n) is 6.71. The summed E-state index contributed by atoms with van der Waals surface area (Å²) in [6.45, 7) is 3.69. The zero-order valence-corrected chi connectivity index (χ0v) is 11.7. The summed E-state index contributed by atoms with van der Waals surface area (Å²) in [4.78, 5) is 16.4. The minimum atomic E-state index is -0.0366. The molecule has 0 radical (unpaired) electrons. The van der Waals surface area contributed by atoms with E-state index in [1.165, 1.54) is 7.11 Å². The van der Waals surface area contributed by atoms with Crippen LogP contribution in [0.4, 0.5) is 5.69 Å². The molecule has 0 aromatic heterocycles. The molecule has 2 rings (SSSR count). The number of anilines is 1. The Morgan fingerprint density at radius 2 is 2.05 bits per heavy atom. The zero-order chi connectivity index (χ0) is 14.5. The second kappa shape index (κ2) is 6.58. The molecule has 1 saturated heterocycles. The number of nitrogens with two attached hydrogens (primary N) is 1. The molecule has 3 N–H and O–H groups in total. The number of hydrogen-bond donors (Lipinski definition) is 2. The average molecular weight is 279 g/mol. The molecule has 20 heavy (non-hydrogen) atoms. The van der Waals surface area contributed by atoms with Gasteiger partial charge >= 0.3 is 0 Å². The van der Waals surface area contributed by atoms with Crippen LogP contribution in [0.25, 0.3) is 0 Å². The van der Waals surface area contributed by atoms with E-state index in [9.17, 15) is 4.79 Å². The Hall–Kier alpha value is -1.79. The summed E-state index contributed by atoms with van der Waals surface area (Å²) in [6.07, 6.45) is 0. The topological polar surface area (TPSA) is 79.0 Å². The Kier molecular flexibility index (Phi) is 4.81. The van der Waals surface area contributed by atoms with Crippen molar-refractivity contribution >= 4 is 11.6 Å². The lowest BCUT2D eigenvalue weighted by Gasteiger charge is -2.34. The summed E-state index contributed by atoms with van der Waals surface area (Å²) in [6, 6.07) is 5.07. The Bertz CT molecular complexity index is 471. The Morgan fingerprint density at radius 1 is 1.35 bits per heavy atom. The van der Waals surface area contributed by atoms with Gasteiger partial charge in [-0.1, -0.05) is 0 Å². The summed E-state index contributed by atoms with van der Waals surface area (Å²) in [7, 11) is 1.53. The van der Waals surface area contributed by atoms with Crippen molar-refractivity contribution in [2.45, 2.75) is 0 Å². The van der Waals surface area contributed by atoms with E-state index in [2.05, 4.69) is 4.90 Å². The quantitative estimate of drug-likeness (QED) is 0.760. The van der Waals surface area contributed by atoms with Crippen molar-refractivity contribution in [3.63, 3.8) is 0 Å². The smallest absolute Gasteiger partial charge is 0.257 e. The van der Waals surface area contributed by atoms with Gasteiger partial charge in [0.1, 0.15) is 5.75 Å². The molecule has 6 heteroatoms. The number of amides is 1. The van der Waals surface area contributed by atoms with Crippen LogP contribution in [-0.2, 0) is 0 Å². The number of aliphatic hydroxyl groups is 1. The predicted octanol–water partition coefficient (Wildman–Crippen LogP) is 0.0275. The molecule has 1 fully saturated rings. The number of methoxy groups -OCH3 is 1. The first-order chi connectivity index (χ1) is 9.65. The van der Waals surface area contributed by atoms with Crippen LogP contribution in [0.2, 0.25) is 0 Å². The molecular weight excluding hydrogens is 258 g/mol. The normalized spacial score (nSPS) is 16.2. The van der Waals surface area contributed by atoms with Gasteiger partial charge in [0.2, 0.25) is 0 Å². The highest BCUT2D eigenvalue weighted by Crippen LogP contribution is 2.23. The standard InChI is InChI=1S/C14H21N3O3/c1-20-13-10-11(15)2-3-12(13)14(19)17-6-4-16(5-7-17)8-9-18/h2-3,10,18H,4-9,15H2,1H3. The minimum absolute atomic E-state index is 0.0366. The summed E-state index contributed by atoms with van der Waals surface area (Å²) in [5.74, 6) is 0.471. The molecule has 0 spiro atoms. The molecule has 6 nitrogen and oxygen atoms in total. The number of aliphatic hydroxyl groups excluding tert-OH is 1. The van der Waals surface area contributed by atoms with Gasteiger partial charge in [-0.3, -0.25) is 9.69 Å². The molecule has 110 valence electrons. The second-order valence-corrected chi connectivity index (χ2v) is 4.82. The average Bonchev–Trinajstić information content (AvgIpc) is 2.47. The van der Waals surface area contributed by atoms with Crippen molar-refractivity contribution in [3.05, 3.63) is 23.8 Å². The van der Waals surface area contributed by atoms with Gasteiger partial charge in [0.25, 0.3) is 5.91 Å². The lowest BCUT2D eigenvalue weighted by Crippen LogP contribution is -2.49. The fourth-order valence-electron chi connectivity index (χ4n) is 2.37. The number of rotatable bonds is 4. The van der Waals surface area contributed by atoms with Crippen molar-refractivity contribution in [1.29, 1.82) is 0 Å². The van der Waals surface area contributed by atoms with Crippen LogP contribution in [0, 0.1) is 0 Å². The molecule has 1 aromatic rings. The summed E-state index contributed by atoms with van der Waals surface area (Å²) in [5.41, 5.74) is 6.81. The maximum Gasteiger partial charge on any atom is 0.257 e. The van der Waals surface area contributed by atoms with Gasteiger partial charge in [-0.05, 0) is 12.1 Å². The Morgan fingerprint density at radius 3 is 2.65 bits per heavy atom. The van der Waals surface area contributed by atoms with Gasteiger partial charge in [-0.25, -0.2) is 0 Å². The van der Waals surface area contributed by atoms with E-state index in [0.717, 1.165) is 13.1 Å². The van der Waals surface area contributed by atoms with Crippen LogP contribution in [0.15, 0.2) is 18.2 Å². The third kappa shape index (κ3) is 3.20. The zero-order valence-electron chi connectivity index (χ0n) is 11.7. The van der Waals surface area contributed by atoms with Crippen LogP contribution < -0.4 is 10.5 Å². The van der Waals surface area contributed by atoms with Gasteiger partial charge in [-0.2, -0.15) is 0 Å². The van der Waals surface area contributed by atoms with E-state index in [1.54, 1.807) is 18.2 Å². The number of ether oxygens (including phenoxy) is 1. The monoisotopic (exact) mass is 279 g/mol. The van der Waals surface area contributed by atoms with E-state index in [1.807, 2.05) is 4.90 Å². The van der Waals surface area contributed by atoms with Crippen molar-refractivity contribution in [3.8, 4) is 5.75 Å². The molecule has 1 aliphatic rings. The summed E-state index contributed by atoms with van der Waals surface area (Å²) < 4.78 is 5.23. The first kappa shape index (κ1) is 14.6. The number of nitrogen functional groups attached to an aromatic ring is 1. The minimum Gasteiger partial charge on any atom is -0.496 e. The highest BCUT2D eigenvalue weighted by molar-refractivity contribution is 5.97. The maximum absolute atomic E-state index is 12.5. The van der Waals surface area contributed by atoms with Crippen molar-refractivity contribution in [2.75, 3.05) is 52.2 Å². The first-order valence-corrected chi connectivity index (χ1v) is 6.71. The van der Waals surface area contributed by atoms with Gasteiger partial charge < -0.3 is 20.5 Å². The Labute approximate surface area is 118 Å². The van der Waals surface area contributed by atoms with Gasteiger partial charge in [0, 0.05) is 44.5 Å². The molecule has 0 unspecified atom stereocenters. The van der Waals surface area contributed by atoms with E-state index in [0.29, 0.717) is 36.6 Å². The lowest BCUT2D eigenvalue weighted by atomic mass is 10.1. The molecule has 1 aromatic carbocycles. The molecule has 0 aliphatic carbocycles. The van der Waals surface area contributed by atoms with Gasteiger partial charge in [-0.15, -0.1) is 0 Å². The maximum atomic E-state index is 12.5. The molecular formula is C14H21N3O3. The highest BCUT2D eigenvalue weighted by atomic mass is 16.5. The number of carbonyl (C=O) groups is 1. The fourth-order valence-corrected chi connectivity index (χ4v) is 2.37. The van der Waals surface area contributed by atoms with E-state index < -0.39 is 0 Å². The van der Waals surface area contributed by atoms with E-state index in [-0.39, 0.29) is 12.5 Å². The molecule has 0 bridgehead atoms. The van der Waals surface area contributed by atoms with Gasteiger partial charge in [0.05, 0.1) is 19.3 Å². The van der Waals surface area contributed by atoms with Gasteiger partial charge in [0.15, 0.2) is 0 Å². The molecule has 1 heterocycles. The molecule has 1 amide bonds. The van der Waals surface area contributed by atoms with Crippen LogP contribution >= 0.6 is 0 Å². The van der Waals surface area contributed by atoms with Crippen molar-refractivity contribution in [2.24, 2.45) is 0 Å². The van der Waals surface area contributed by atoms with Crippen LogP contribution in [0.5, 0.6) is 5.75 Å². The third-order valence-electron chi connectivity index (χ3n) is 3.53. The van der Waals surface area contributed by atoms with Crippen LogP contribution in [0.3, 0.4) is 0 Å². The number of hydrogen-bond acceptors (Lipinski definition) is 5. The summed E-state index contributed by atoms with van der Waals surface area (Å²) in [5, 5.41) is 8.92. The third-order valence-corrected chi connectivity index (χ3v) is 3.53. The Balaban J connectivity index is 2.05. The van der Waals surface area contributed by atoms with Crippen LogP contribution in [0.1, 0.15) is 10.4 Å².